The van der Waals surface area contributed by atoms with Gasteiger partial charge in [-0.25, -0.2) is 0 Å². The van der Waals surface area contributed by atoms with Crippen molar-refractivity contribution >= 4 is 11.8 Å². The molecule has 1 aromatic carbocycles. The standard InChI is InChI=1S/C21H34N2O3/c1-7-15(2)22-20(25)16(3)23-19(24)9-8-14-26-18-12-10-17(11-13-18)21(4,5)6/h10-13,15-16H,7-9,14H2,1-6H3,(H,22,25)(H,23,24)/t15-,16-/m0/s1. The summed E-state index contributed by atoms with van der Waals surface area (Å²) in [5.41, 5.74) is 1.38. The first-order chi connectivity index (χ1) is 12.1. The van der Waals surface area contributed by atoms with Crippen LogP contribution in [0.5, 0.6) is 5.75 Å². The molecule has 0 saturated heterocycles. The SMILES string of the molecule is CC[C@H](C)NC(=O)[C@H](C)NC(=O)CCCOc1ccc(C(C)(C)C)cc1. The largest absolute Gasteiger partial charge is 0.494 e. The first-order valence-corrected chi connectivity index (χ1v) is 9.46. The monoisotopic (exact) mass is 362 g/mol. The molecule has 0 aliphatic heterocycles. The molecule has 0 saturated carbocycles. The normalized spacial score (nSPS) is 13.6. The molecular weight excluding hydrogens is 328 g/mol. The number of benzene rings is 1. The van der Waals surface area contributed by atoms with Crippen molar-refractivity contribution in [3.8, 4) is 5.75 Å². The molecular formula is C21H34N2O3. The number of ether oxygens (including phenoxy) is 1. The molecule has 2 amide bonds. The minimum atomic E-state index is -0.526. The molecule has 0 radical (unpaired) electrons. The maximum Gasteiger partial charge on any atom is 0.242 e. The van der Waals surface area contributed by atoms with E-state index < -0.39 is 6.04 Å². The van der Waals surface area contributed by atoms with Crippen LogP contribution in [0, 0.1) is 0 Å². The van der Waals surface area contributed by atoms with Gasteiger partial charge in [-0.05, 0) is 49.8 Å². The van der Waals surface area contributed by atoms with E-state index in [4.69, 9.17) is 4.74 Å². The number of hydrogen-bond donors (Lipinski definition) is 2. The average molecular weight is 363 g/mol. The van der Waals surface area contributed by atoms with E-state index in [2.05, 4.69) is 43.5 Å². The van der Waals surface area contributed by atoms with Gasteiger partial charge in [0.05, 0.1) is 6.61 Å². The van der Waals surface area contributed by atoms with E-state index in [1.54, 1.807) is 6.92 Å². The van der Waals surface area contributed by atoms with Crippen molar-refractivity contribution in [2.75, 3.05) is 6.61 Å². The molecule has 2 atom stereocenters. The third-order valence-corrected chi connectivity index (χ3v) is 4.31. The highest BCUT2D eigenvalue weighted by atomic mass is 16.5. The van der Waals surface area contributed by atoms with Crippen molar-refractivity contribution in [3.05, 3.63) is 29.8 Å². The summed E-state index contributed by atoms with van der Waals surface area (Å²) in [6, 6.07) is 7.64. The van der Waals surface area contributed by atoms with Crippen LogP contribution in [0.2, 0.25) is 0 Å². The maximum atomic E-state index is 11.9. The lowest BCUT2D eigenvalue weighted by molar-refractivity contribution is -0.129. The second-order valence-corrected chi connectivity index (χ2v) is 7.83. The highest BCUT2D eigenvalue weighted by Crippen LogP contribution is 2.24. The van der Waals surface area contributed by atoms with Crippen molar-refractivity contribution in [2.24, 2.45) is 0 Å². The highest BCUT2D eigenvalue weighted by molar-refractivity contribution is 5.87. The molecule has 0 unspecified atom stereocenters. The first kappa shape index (κ1) is 22.0. The van der Waals surface area contributed by atoms with Gasteiger partial charge in [-0.3, -0.25) is 9.59 Å². The molecule has 5 nitrogen and oxygen atoms in total. The molecule has 146 valence electrons. The van der Waals surface area contributed by atoms with Crippen LogP contribution in [0.15, 0.2) is 24.3 Å². The topological polar surface area (TPSA) is 67.4 Å². The first-order valence-electron chi connectivity index (χ1n) is 9.46. The van der Waals surface area contributed by atoms with E-state index in [1.165, 1.54) is 5.56 Å². The fourth-order valence-corrected chi connectivity index (χ4v) is 2.32. The number of nitrogens with one attached hydrogen (secondary N) is 2. The Kier molecular flexibility index (Phi) is 8.62. The fraction of sp³-hybridized carbons (Fsp3) is 0.619. The highest BCUT2D eigenvalue weighted by Gasteiger charge is 2.16. The Morgan fingerprint density at radius 1 is 1.08 bits per heavy atom. The lowest BCUT2D eigenvalue weighted by Gasteiger charge is -2.19. The molecule has 0 aliphatic carbocycles. The smallest absolute Gasteiger partial charge is 0.242 e. The Labute approximate surface area is 157 Å². The van der Waals surface area contributed by atoms with Gasteiger partial charge in [-0.2, -0.15) is 0 Å². The molecule has 26 heavy (non-hydrogen) atoms. The van der Waals surface area contributed by atoms with Crippen LogP contribution in [0.4, 0.5) is 0 Å². The molecule has 0 bridgehead atoms. The zero-order valence-electron chi connectivity index (χ0n) is 17.0. The molecule has 0 heterocycles. The van der Waals surface area contributed by atoms with Crippen LogP contribution in [-0.2, 0) is 15.0 Å². The lowest BCUT2D eigenvalue weighted by Crippen LogP contribution is -2.47. The Morgan fingerprint density at radius 2 is 1.69 bits per heavy atom. The van der Waals surface area contributed by atoms with Crippen LogP contribution >= 0.6 is 0 Å². The van der Waals surface area contributed by atoms with Crippen molar-refractivity contribution in [2.45, 2.75) is 78.3 Å². The Bertz CT molecular complexity index is 576. The van der Waals surface area contributed by atoms with E-state index in [-0.39, 0.29) is 23.3 Å². The quantitative estimate of drug-likeness (QED) is 0.660. The summed E-state index contributed by atoms with van der Waals surface area (Å²) in [5.74, 6) is 0.520. The van der Waals surface area contributed by atoms with Crippen molar-refractivity contribution in [1.82, 2.24) is 10.6 Å². The van der Waals surface area contributed by atoms with Crippen molar-refractivity contribution < 1.29 is 14.3 Å². The van der Waals surface area contributed by atoms with Gasteiger partial charge in [0, 0.05) is 12.5 Å². The molecule has 5 heteroatoms. The van der Waals surface area contributed by atoms with Gasteiger partial charge in [-0.15, -0.1) is 0 Å². The number of rotatable bonds is 9. The van der Waals surface area contributed by atoms with Gasteiger partial charge >= 0.3 is 0 Å². The number of carbonyl (C=O) groups excluding carboxylic acids is 2. The van der Waals surface area contributed by atoms with Crippen molar-refractivity contribution in [3.63, 3.8) is 0 Å². The fourth-order valence-electron chi connectivity index (χ4n) is 2.32. The van der Waals surface area contributed by atoms with E-state index in [0.717, 1.165) is 12.2 Å². The number of amides is 2. The summed E-state index contributed by atoms with van der Waals surface area (Å²) in [6.45, 7) is 12.6. The minimum Gasteiger partial charge on any atom is -0.494 e. The van der Waals surface area contributed by atoms with Gasteiger partial charge < -0.3 is 15.4 Å². The maximum absolute atomic E-state index is 11.9. The molecule has 1 aromatic rings. The van der Waals surface area contributed by atoms with Gasteiger partial charge in [0.15, 0.2) is 0 Å². The predicted molar refractivity (Wildman–Crippen MR) is 105 cm³/mol. The predicted octanol–water partition coefficient (Wildman–Crippen LogP) is 3.56. The summed E-state index contributed by atoms with van der Waals surface area (Å²) < 4.78 is 5.68. The van der Waals surface area contributed by atoms with Crippen LogP contribution in [0.3, 0.4) is 0 Å². The molecule has 0 aromatic heterocycles. The summed E-state index contributed by atoms with van der Waals surface area (Å²) in [7, 11) is 0. The van der Waals surface area contributed by atoms with Crippen LogP contribution in [0.1, 0.15) is 66.4 Å². The van der Waals surface area contributed by atoms with Crippen molar-refractivity contribution in [1.29, 1.82) is 0 Å². The molecule has 0 fully saturated rings. The van der Waals surface area contributed by atoms with Crippen LogP contribution < -0.4 is 15.4 Å². The zero-order valence-corrected chi connectivity index (χ0v) is 17.0. The lowest BCUT2D eigenvalue weighted by atomic mass is 9.87. The van der Waals surface area contributed by atoms with Crippen LogP contribution in [0.25, 0.3) is 0 Å². The summed E-state index contributed by atoms with van der Waals surface area (Å²) in [6.07, 6.45) is 1.80. The van der Waals surface area contributed by atoms with Gasteiger partial charge in [0.25, 0.3) is 0 Å². The second kappa shape index (κ2) is 10.2. The Balaban J connectivity index is 2.28. The average Bonchev–Trinajstić information content (AvgIpc) is 2.58. The molecule has 0 spiro atoms. The van der Waals surface area contributed by atoms with E-state index >= 15 is 0 Å². The number of hydrogen-bond acceptors (Lipinski definition) is 3. The van der Waals surface area contributed by atoms with Crippen LogP contribution in [-0.4, -0.2) is 30.5 Å². The Morgan fingerprint density at radius 3 is 2.23 bits per heavy atom. The van der Waals surface area contributed by atoms with Gasteiger partial charge in [0.2, 0.25) is 11.8 Å². The molecule has 1 rings (SSSR count). The summed E-state index contributed by atoms with van der Waals surface area (Å²) in [4.78, 5) is 23.8. The van der Waals surface area contributed by atoms with Gasteiger partial charge in [-0.1, -0.05) is 39.8 Å². The van der Waals surface area contributed by atoms with E-state index in [1.807, 2.05) is 26.0 Å². The zero-order chi connectivity index (χ0) is 19.7. The summed E-state index contributed by atoms with van der Waals surface area (Å²) in [5, 5.41) is 5.59. The summed E-state index contributed by atoms with van der Waals surface area (Å²) >= 11 is 0. The Hall–Kier alpha value is -2.04. The second-order valence-electron chi connectivity index (χ2n) is 7.83. The molecule has 0 aliphatic rings. The van der Waals surface area contributed by atoms with E-state index in [9.17, 15) is 9.59 Å². The minimum absolute atomic E-state index is 0.111. The van der Waals surface area contributed by atoms with E-state index in [0.29, 0.717) is 19.4 Å². The van der Waals surface area contributed by atoms with Gasteiger partial charge in [0.1, 0.15) is 11.8 Å². The molecule has 2 N–H and O–H groups in total. The third-order valence-electron chi connectivity index (χ3n) is 4.31. The number of carbonyl (C=O) groups is 2. The third kappa shape index (κ3) is 7.89.